The molecule has 0 radical (unpaired) electrons. The Morgan fingerprint density at radius 1 is 0.493 bits per heavy atom. The summed E-state index contributed by atoms with van der Waals surface area (Å²) in [5.41, 5.74) is 14.5. The van der Waals surface area contributed by atoms with E-state index in [0.717, 1.165) is 35.5 Å². The summed E-state index contributed by atoms with van der Waals surface area (Å²) in [4.78, 5) is 125. The number of imide groups is 4. The molecule has 14 rings (SSSR count). The molecule has 8 bridgehead atoms. The van der Waals surface area contributed by atoms with Gasteiger partial charge in [-0.3, -0.25) is 47.5 Å². The number of benzene rings is 2. The van der Waals surface area contributed by atoms with E-state index in [1.165, 1.54) is 35.0 Å². The lowest BCUT2D eigenvalue weighted by molar-refractivity contribution is -0.124. The standard InChI is InChI=1S/C25H20N2O6.C24H21N3O4.CH3N3.H2O4S/c28-21-17-10-1-2-11(5-10)18(17)22(29)26(21)15-7-14(25(32)33)8-16(9-15)27-23(30)19-12-3-4-13(6-12)20(19)24(27)31;25-14-7-15(26-21(28)17-10-1-2-11(5-10)18(17)22(26)29)9-16(8-14)27-23(30)19-12-3-4-13(6-12)20(19)24(27)31;1-3-4-2;1-5(2,3)4/h1-4,7-13,17-20H,5-6H2,(H,32,33);1-4,7-13,17-20H,5-6,25H2;1H3;(H2,1,2,3,4). The normalized spacial score (nSPS) is 36.4. The van der Waals surface area contributed by atoms with E-state index >= 15 is 0 Å². The van der Waals surface area contributed by atoms with Crippen LogP contribution in [0.15, 0.2) is 90.1 Å². The molecule has 23 heteroatoms. The third-order valence-corrected chi connectivity index (χ3v) is 17.1. The van der Waals surface area contributed by atoms with Crippen LogP contribution in [0.2, 0.25) is 0 Å². The van der Waals surface area contributed by atoms with Gasteiger partial charge in [0.1, 0.15) is 0 Å². The molecule has 8 aliphatic carbocycles. The van der Waals surface area contributed by atoms with Gasteiger partial charge < -0.3 is 10.8 Å². The summed E-state index contributed by atoms with van der Waals surface area (Å²) >= 11 is 0. The van der Waals surface area contributed by atoms with Crippen molar-refractivity contribution in [1.29, 1.82) is 0 Å². The number of azide groups is 1. The molecule has 73 heavy (non-hydrogen) atoms. The summed E-state index contributed by atoms with van der Waals surface area (Å²) in [6.07, 6.45) is 19.4. The first-order valence-corrected chi connectivity index (χ1v) is 25.3. The van der Waals surface area contributed by atoms with Crippen molar-refractivity contribution in [2.75, 3.05) is 32.4 Å². The van der Waals surface area contributed by atoms with E-state index in [-0.39, 0.29) is 135 Å². The Bertz CT molecular complexity index is 2920. The second-order valence-corrected chi connectivity index (χ2v) is 21.5. The number of rotatable bonds is 5. The molecule has 4 saturated carbocycles. The summed E-state index contributed by atoms with van der Waals surface area (Å²) in [5, 5.41) is 12.6. The maximum absolute atomic E-state index is 13.3. The molecule has 4 saturated heterocycles. The van der Waals surface area contributed by atoms with Gasteiger partial charge in [0.25, 0.3) is 0 Å². The number of carboxylic acid groups (broad SMARTS) is 1. The molecule has 4 aliphatic heterocycles. The number of carboxylic acids is 1. The van der Waals surface area contributed by atoms with Gasteiger partial charge in [-0.25, -0.2) is 24.4 Å². The number of amides is 8. The average Bonchev–Trinajstić information content (AvgIpc) is 4.18. The van der Waals surface area contributed by atoms with Crippen LogP contribution in [-0.2, 0) is 48.8 Å². The van der Waals surface area contributed by atoms with Crippen LogP contribution in [0.5, 0.6) is 0 Å². The lowest BCUT2D eigenvalue weighted by atomic mass is 9.85. The number of anilines is 5. The molecule has 2 aromatic carbocycles. The molecule has 8 fully saturated rings. The van der Waals surface area contributed by atoms with Gasteiger partial charge in [0.15, 0.2) is 0 Å². The fourth-order valence-electron chi connectivity index (χ4n) is 14.5. The van der Waals surface area contributed by atoms with Gasteiger partial charge in [-0.15, -0.1) is 0 Å². The van der Waals surface area contributed by atoms with Gasteiger partial charge in [-0.2, -0.15) is 8.42 Å². The molecule has 16 atom stereocenters. The fourth-order valence-corrected chi connectivity index (χ4v) is 14.5. The molecule has 2 aromatic rings. The Kier molecular flexibility index (Phi) is 11.1. The van der Waals surface area contributed by atoms with Gasteiger partial charge >= 0.3 is 16.4 Å². The Balaban J connectivity index is 0.000000135. The number of fused-ring (bicyclic) bond motifs is 20. The van der Waals surface area contributed by atoms with Gasteiger partial charge in [0, 0.05) is 17.6 Å². The first-order valence-electron chi connectivity index (χ1n) is 23.9. The van der Waals surface area contributed by atoms with Gasteiger partial charge in [0.05, 0.1) is 75.7 Å². The topological polar surface area (TPSA) is 336 Å². The number of nitrogens with two attached hydrogens (primary N) is 1. The third kappa shape index (κ3) is 7.30. The van der Waals surface area contributed by atoms with Crippen LogP contribution in [0, 0.1) is 94.7 Å². The highest BCUT2D eigenvalue weighted by molar-refractivity contribution is 7.79. The molecule has 5 N–H and O–H groups in total. The highest BCUT2D eigenvalue weighted by atomic mass is 32.3. The van der Waals surface area contributed by atoms with Gasteiger partial charge in [0.2, 0.25) is 47.3 Å². The summed E-state index contributed by atoms with van der Waals surface area (Å²) in [6, 6.07) is 8.73. The number of nitrogen functional groups attached to an aromatic ring is 1. The predicted octanol–water partition coefficient (Wildman–Crippen LogP) is 4.17. The van der Waals surface area contributed by atoms with Crippen LogP contribution < -0.4 is 25.3 Å². The molecule has 22 nitrogen and oxygen atoms in total. The number of aromatic carboxylic acids is 1. The quantitative estimate of drug-likeness (QED) is 0.0621. The Morgan fingerprint density at radius 3 is 0.863 bits per heavy atom. The second-order valence-electron chi connectivity index (χ2n) is 20.6. The summed E-state index contributed by atoms with van der Waals surface area (Å²) in [5.74, 6) is -5.90. The van der Waals surface area contributed by atoms with E-state index < -0.39 is 40.0 Å². The Hall–Kier alpha value is -7.59. The van der Waals surface area contributed by atoms with Crippen molar-refractivity contribution >= 4 is 92.1 Å². The zero-order valence-electron chi connectivity index (χ0n) is 38.6. The summed E-state index contributed by atoms with van der Waals surface area (Å²) < 4.78 is 31.6. The van der Waals surface area contributed by atoms with Crippen molar-refractivity contribution in [2.45, 2.75) is 25.7 Å². The molecule has 4 heterocycles. The first-order chi connectivity index (χ1) is 34.7. The monoisotopic (exact) mass is 1010 g/mol. The lowest BCUT2D eigenvalue weighted by Gasteiger charge is -2.22. The minimum Gasteiger partial charge on any atom is -0.478 e. The molecule has 8 amide bonds. The smallest absolute Gasteiger partial charge is 0.394 e. The minimum atomic E-state index is -4.67. The van der Waals surface area contributed by atoms with Crippen molar-refractivity contribution in [3.8, 4) is 0 Å². The third-order valence-electron chi connectivity index (χ3n) is 17.1. The molecule has 0 spiro atoms. The SMILES string of the molecule is CN=[N+]=[N-].Nc1cc(N2C(=O)C3C4C=CC(C4)C3C2=O)cc(N2C(=O)C3C4C=CC(C4)C3C2=O)c1.O=C(O)c1cc(N2C(=O)C3C4C=CC(C4)C3C2=O)cc(N2C(=O)C3C4C=CC(C4)C3C2=O)c1.O=S(=O)(O)O. The maximum Gasteiger partial charge on any atom is 0.394 e. The van der Waals surface area contributed by atoms with Crippen LogP contribution in [0.3, 0.4) is 0 Å². The largest absolute Gasteiger partial charge is 0.478 e. The van der Waals surface area contributed by atoms with Crippen molar-refractivity contribution < 1.29 is 65.8 Å². The fraction of sp³-hybridized carbons (Fsp3) is 0.420. The van der Waals surface area contributed by atoms with Gasteiger partial charge in [-0.05, 0) is 115 Å². The molecule has 0 aromatic heterocycles. The minimum absolute atomic E-state index is 0.0210. The van der Waals surface area contributed by atoms with Crippen LogP contribution in [-0.4, -0.2) is 82.9 Å². The van der Waals surface area contributed by atoms with Gasteiger partial charge in [-0.1, -0.05) is 53.7 Å². The van der Waals surface area contributed by atoms with Crippen molar-refractivity contribution in [1.82, 2.24) is 0 Å². The molecule has 16 unspecified atom stereocenters. The number of hydrogen-bond donors (Lipinski definition) is 4. The lowest BCUT2D eigenvalue weighted by Crippen LogP contribution is -2.35. The highest BCUT2D eigenvalue weighted by Crippen LogP contribution is 2.57. The van der Waals surface area contributed by atoms with E-state index in [0.29, 0.717) is 17.1 Å². The van der Waals surface area contributed by atoms with E-state index in [1.807, 2.05) is 48.6 Å². The Labute approximate surface area is 415 Å². The maximum atomic E-state index is 13.3. The van der Waals surface area contributed by atoms with E-state index in [1.54, 1.807) is 18.2 Å². The predicted molar refractivity (Wildman–Crippen MR) is 254 cm³/mol. The molecular weight excluding hydrogens is 969 g/mol. The van der Waals surface area contributed by atoms with Crippen molar-refractivity contribution in [3.05, 3.63) is 101 Å². The van der Waals surface area contributed by atoms with Crippen LogP contribution in [0.25, 0.3) is 10.4 Å². The van der Waals surface area contributed by atoms with Crippen molar-refractivity contribution in [2.24, 2.45) is 99.8 Å². The van der Waals surface area contributed by atoms with Crippen LogP contribution in [0.4, 0.5) is 28.4 Å². The van der Waals surface area contributed by atoms with Crippen molar-refractivity contribution in [3.63, 3.8) is 0 Å². The molecular formula is C50H46N8O14S. The van der Waals surface area contributed by atoms with E-state index in [4.69, 9.17) is 28.8 Å². The van der Waals surface area contributed by atoms with E-state index in [9.17, 15) is 48.3 Å². The number of hydrogen-bond acceptors (Lipinski definition) is 13. The zero-order valence-corrected chi connectivity index (χ0v) is 39.4. The molecule has 12 aliphatic rings. The second kappa shape index (κ2) is 17.0. The van der Waals surface area contributed by atoms with E-state index in [2.05, 4.69) is 10.0 Å². The average molecular weight is 1020 g/mol. The zero-order chi connectivity index (χ0) is 51.8. The number of carbonyl (C=O) groups is 9. The number of nitrogens with zero attached hydrogens (tertiary/aromatic N) is 7. The highest BCUT2D eigenvalue weighted by Gasteiger charge is 2.63. The van der Waals surface area contributed by atoms with Crippen LogP contribution >= 0.6 is 0 Å². The van der Waals surface area contributed by atoms with Crippen LogP contribution in [0.1, 0.15) is 36.0 Å². The number of carbonyl (C=O) groups excluding carboxylic acids is 8. The number of allylic oxidation sites excluding steroid dienone is 8. The first kappa shape index (κ1) is 47.7. The summed E-state index contributed by atoms with van der Waals surface area (Å²) in [6.45, 7) is 0. The summed E-state index contributed by atoms with van der Waals surface area (Å²) in [7, 11) is -3.28. The molecule has 376 valence electrons. The Morgan fingerprint density at radius 2 is 0.685 bits per heavy atom.